The van der Waals surface area contributed by atoms with Crippen LogP contribution >= 0.6 is 15.9 Å². The lowest BCUT2D eigenvalue weighted by Gasteiger charge is -2.18. The summed E-state index contributed by atoms with van der Waals surface area (Å²) in [6.45, 7) is 7.95. The molecule has 5 heteroatoms. The molecule has 0 aliphatic rings. The van der Waals surface area contributed by atoms with Gasteiger partial charge in [0.2, 0.25) is 0 Å². The van der Waals surface area contributed by atoms with E-state index in [9.17, 15) is 4.79 Å². The van der Waals surface area contributed by atoms with Crippen LogP contribution in [0.5, 0.6) is 5.75 Å². The molecule has 1 aromatic carbocycles. The summed E-state index contributed by atoms with van der Waals surface area (Å²) in [5.41, 5.74) is 1.15. The van der Waals surface area contributed by atoms with Crippen LogP contribution in [-0.4, -0.2) is 25.1 Å². The molecule has 1 amide bonds. The highest BCUT2D eigenvalue weighted by Crippen LogP contribution is 2.27. The van der Waals surface area contributed by atoms with E-state index in [1.165, 1.54) is 0 Å². The topological polar surface area (TPSA) is 54.9 Å². The van der Waals surface area contributed by atoms with E-state index < -0.39 is 0 Å². The molecule has 0 aromatic heterocycles. The zero-order valence-electron chi connectivity index (χ0n) is 12.7. The number of carbonyl (C=O) groups is 1. The third kappa shape index (κ3) is 4.80. The zero-order chi connectivity index (χ0) is 15.3. The Kier molecular flexibility index (Phi) is 6.49. The van der Waals surface area contributed by atoms with Gasteiger partial charge in [0, 0.05) is 11.6 Å². The Hall–Kier alpha value is -1.07. The Balaban J connectivity index is 2.68. The molecule has 0 bridgehead atoms. The van der Waals surface area contributed by atoms with Gasteiger partial charge in [0.05, 0.1) is 11.6 Å². The Bertz CT molecular complexity index is 463. The molecule has 20 heavy (non-hydrogen) atoms. The molecule has 1 rings (SSSR count). The van der Waals surface area contributed by atoms with E-state index in [-0.39, 0.29) is 24.0 Å². The molecular weight excluding hydrogens is 320 g/mol. The Morgan fingerprint density at radius 3 is 2.45 bits per heavy atom. The number of benzene rings is 1. The van der Waals surface area contributed by atoms with Crippen LogP contribution in [0.1, 0.15) is 39.3 Å². The van der Waals surface area contributed by atoms with E-state index in [0.717, 1.165) is 15.8 Å². The summed E-state index contributed by atoms with van der Waals surface area (Å²) in [5, 5.41) is 4.99. The number of methoxy groups -OCH3 is 1. The third-order valence-corrected chi connectivity index (χ3v) is 3.74. The molecule has 0 spiro atoms. The fourth-order valence-electron chi connectivity index (χ4n) is 2.01. The maximum absolute atomic E-state index is 11.9. The number of ether oxygens (including phenoxy) is 1. The minimum Gasteiger partial charge on any atom is -0.496 e. The largest absolute Gasteiger partial charge is 0.496 e. The predicted octanol–water partition coefficient (Wildman–Crippen LogP) is 2.00. The lowest BCUT2D eigenvalue weighted by molar-refractivity contribution is -0.710. The van der Waals surface area contributed by atoms with Crippen molar-refractivity contribution in [2.45, 2.75) is 45.8 Å². The molecule has 3 N–H and O–H groups in total. The number of hydrogen-bond donors (Lipinski definition) is 2. The van der Waals surface area contributed by atoms with Gasteiger partial charge < -0.3 is 15.4 Å². The lowest BCUT2D eigenvalue weighted by Crippen LogP contribution is -2.92. The van der Waals surface area contributed by atoms with Gasteiger partial charge >= 0.3 is 0 Å². The van der Waals surface area contributed by atoms with Gasteiger partial charge in [-0.25, -0.2) is 0 Å². The second-order valence-corrected chi connectivity index (χ2v) is 6.18. The maximum Gasteiger partial charge on any atom is 0.278 e. The summed E-state index contributed by atoms with van der Waals surface area (Å²) >= 11 is 3.49. The number of rotatable bonds is 6. The molecule has 0 aliphatic heterocycles. The summed E-state index contributed by atoms with van der Waals surface area (Å²) in [6.07, 6.45) is 0. The summed E-state index contributed by atoms with van der Waals surface area (Å²) in [5.74, 6) is 0.881. The molecular formula is C15H24BrN2O2+. The van der Waals surface area contributed by atoms with E-state index in [1.807, 2.05) is 39.0 Å². The fraction of sp³-hybridized carbons (Fsp3) is 0.533. The quantitative estimate of drug-likeness (QED) is 0.829. The molecule has 0 radical (unpaired) electrons. The predicted molar refractivity (Wildman–Crippen MR) is 83.8 cm³/mol. The van der Waals surface area contributed by atoms with Crippen molar-refractivity contribution >= 4 is 21.8 Å². The minimum atomic E-state index is -0.117. The van der Waals surface area contributed by atoms with Crippen LogP contribution in [0, 0.1) is 0 Å². The Morgan fingerprint density at radius 2 is 1.95 bits per heavy atom. The van der Waals surface area contributed by atoms with Crippen LogP contribution in [0.3, 0.4) is 0 Å². The number of nitrogens with two attached hydrogens (primary N) is 1. The first-order valence-electron chi connectivity index (χ1n) is 6.84. The second kappa shape index (κ2) is 7.64. The first-order valence-corrected chi connectivity index (χ1v) is 7.63. The lowest BCUT2D eigenvalue weighted by atomic mass is 10.1. The number of carbonyl (C=O) groups excluding carboxylic acids is 1. The van der Waals surface area contributed by atoms with Crippen LogP contribution in [0.15, 0.2) is 22.7 Å². The summed E-state index contributed by atoms with van der Waals surface area (Å²) in [4.78, 5) is 11.9. The molecule has 0 heterocycles. The molecule has 112 valence electrons. The minimum absolute atomic E-state index is 0.0689. The normalized spacial score (nSPS) is 13.9. The van der Waals surface area contributed by atoms with Crippen molar-refractivity contribution in [3.05, 3.63) is 28.2 Å². The van der Waals surface area contributed by atoms with Gasteiger partial charge in [0.15, 0.2) is 6.04 Å². The average Bonchev–Trinajstić information content (AvgIpc) is 2.37. The van der Waals surface area contributed by atoms with Crippen LogP contribution in [0.4, 0.5) is 0 Å². The van der Waals surface area contributed by atoms with Gasteiger partial charge in [-0.15, -0.1) is 0 Å². The van der Waals surface area contributed by atoms with E-state index in [0.29, 0.717) is 0 Å². The van der Waals surface area contributed by atoms with Crippen LogP contribution in [0.2, 0.25) is 0 Å². The average molecular weight is 344 g/mol. The van der Waals surface area contributed by atoms with E-state index in [4.69, 9.17) is 4.74 Å². The monoisotopic (exact) mass is 343 g/mol. The van der Waals surface area contributed by atoms with Crippen molar-refractivity contribution in [2.24, 2.45) is 0 Å². The highest BCUT2D eigenvalue weighted by molar-refractivity contribution is 9.10. The van der Waals surface area contributed by atoms with Crippen LogP contribution in [0.25, 0.3) is 0 Å². The van der Waals surface area contributed by atoms with Gasteiger partial charge in [-0.05, 0) is 61.8 Å². The van der Waals surface area contributed by atoms with Crippen LogP contribution < -0.4 is 15.4 Å². The molecule has 0 saturated heterocycles. The highest BCUT2D eigenvalue weighted by atomic mass is 79.9. The number of quaternary nitrogens is 1. The molecule has 0 unspecified atom stereocenters. The zero-order valence-corrected chi connectivity index (χ0v) is 14.3. The summed E-state index contributed by atoms with van der Waals surface area (Å²) < 4.78 is 6.15. The third-order valence-electron chi connectivity index (χ3n) is 3.12. The van der Waals surface area contributed by atoms with Crippen molar-refractivity contribution in [3.8, 4) is 5.75 Å². The molecule has 0 aliphatic carbocycles. The first kappa shape index (κ1) is 17.0. The van der Waals surface area contributed by atoms with E-state index in [1.54, 1.807) is 7.11 Å². The molecule has 2 atom stereocenters. The number of hydrogen-bond acceptors (Lipinski definition) is 2. The highest BCUT2D eigenvalue weighted by Gasteiger charge is 2.21. The fourth-order valence-corrected chi connectivity index (χ4v) is 2.57. The van der Waals surface area contributed by atoms with E-state index >= 15 is 0 Å². The van der Waals surface area contributed by atoms with Crippen molar-refractivity contribution in [1.29, 1.82) is 0 Å². The Morgan fingerprint density at radius 1 is 1.30 bits per heavy atom. The van der Waals surface area contributed by atoms with Crippen molar-refractivity contribution in [1.82, 2.24) is 5.32 Å². The van der Waals surface area contributed by atoms with Gasteiger partial charge in [-0.1, -0.05) is 0 Å². The van der Waals surface area contributed by atoms with Gasteiger partial charge in [-0.3, -0.25) is 4.79 Å². The smallest absolute Gasteiger partial charge is 0.278 e. The Labute approximate surface area is 129 Å². The summed E-state index contributed by atoms with van der Waals surface area (Å²) in [7, 11) is 1.65. The number of halogens is 1. The van der Waals surface area contributed by atoms with Gasteiger partial charge in [0.25, 0.3) is 5.91 Å². The van der Waals surface area contributed by atoms with Gasteiger partial charge in [-0.2, -0.15) is 0 Å². The molecule has 4 nitrogen and oxygen atoms in total. The SMILES string of the molecule is COc1ccc([C@H](C)[NH2+][C@H](C)C(=O)NC(C)C)cc1Br. The van der Waals surface area contributed by atoms with Crippen molar-refractivity contribution in [3.63, 3.8) is 0 Å². The van der Waals surface area contributed by atoms with Gasteiger partial charge in [0.1, 0.15) is 11.8 Å². The van der Waals surface area contributed by atoms with Crippen molar-refractivity contribution < 1.29 is 14.8 Å². The maximum atomic E-state index is 11.9. The first-order chi connectivity index (χ1) is 9.35. The standard InChI is InChI=1S/C15H23BrN2O2/c1-9(2)17-15(19)11(4)18-10(3)12-6-7-14(20-5)13(16)8-12/h6-11,18H,1-5H3,(H,17,19)/p+1/t10-,11+/m0/s1. The van der Waals surface area contributed by atoms with Crippen molar-refractivity contribution in [2.75, 3.05) is 7.11 Å². The molecule has 0 saturated carbocycles. The second-order valence-electron chi connectivity index (χ2n) is 5.33. The molecule has 0 fully saturated rings. The molecule has 1 aromatic rings. The van der Waals surface area contributed by atoms with Crippen LogP contribution in [-0.2, 0) is 4.79 Å². The van der Waals surface area contributed by atoms with E-state index in [2.05, 4.69) is 33.5 Å². The number of nitrogens with one attached hydrogen (secondary N) is 1. The summed E-state index contributed by atoms with van der Waals surface area (Å²) in [6, 6.07) is 6.25. The number of amides is 1.